The predicted molar refractivity (Wildman–Crippen MR) is 85.7 cm³/mol. The number of hydrogen-bond donors (Lipinski definition) is 1. The first-order chi connectivity index (χ1) is 11.7. The highest BCUT2D eigenvalue weighted by atomic mass is 32.2. The van der Waals surface area contributed by atoms with Crippen molar-refractivity contribution in [1.29, 1.82) is 0 Å². The molecular weight excluding hydrogens is 356 g/mol. The molecule has 2 rings (SSSR count). The summed E-state index contributed by atoms with van der Waals surface area (Å²) in [7, 11) is -5.65. The molecule has 0 saturated carbocycles. The highest BCUT2D eigenvalue weighted by molar-refractivity contribution is 7.88. The van der Waals surface area contributed by atoms with Crippen LogP contribution in [0.3, 0.4) is 0 Å². The van der Waals surface area contributed by atoms with Crippen molar-refractivity contribution in [2.24, 2.45) is 0 Å². The number of benzene rings is 2. The summed E-state index contributed by atoms with van der Waals surface area (Å²) in [6.45, 7) is -1.14. The Morgan fingerprint density at radius 2 is 1.48 bits per heavy atom. The lowest BCUT2D eigenvalue weighted by Gasteiger charge is -2.16. The molecule has 25 heavy (non-hydrogen) atoms. The number of anilines is 1. The molecule has 0 atom stereocenters. The van der Waals surface area contributed by atoms with E-state index in [0.29, 0.717) is 0 Å². The summed E-state index contributed by atoms with van der Waals surface area (Å²) in [5.74, 6) is -2.89. The average molecular weight is 369 g/mol. The van der Waals surface area contributed by atoms with Gasteiger partial charge in [0.25, 0.3) is 0 Å². The number of rotatable bonds is 7. The van der Waals surface area contributed by atoms with E-state index in [1.54, 1.807) is 17.4 Å². The van der Waals surface area contributed by atoms with Gasteiger partial charge in [-0.3, -0.25) is 13.8 Å². The van der Waals surface area contributed by atoms with Crippen molar-refractivity contribution in [2.75, 3.05) is 11.9 Å². The molecule has 1 amide bonds. The third kappa shape index (κ3) is 4.46. The molecular formula is C16H13F2NO5S. The Morgan fingerprint density at radius 3 is 2.04 bits per heavy atom. The van der Waals surface area contributed by atoms with Crippen LogP contribution in [0.2, 0.25) is 0 Å². The van der Waals surface area contributed by atoms with E-state index in [-0.39, 0.29) is 11.3 Å². The van der Waals surface area contributed by atoms with Crippen molar-refractivity contribution in [3.8, 4) is 0 Å². The minimum atomic E-state index is -5.65. The first-order valence-corrected chi connectivity index (χ1v) is 8.36. The first kappa shape index (κ1) is 18.7. The number of ketones is 1. The molecule has 132 valence electrons. The first-order valence-electron chi connectivity index (χ1n) is 6.95. The summed E-state index contributed by atoms with van der Waals surface area (Å²) in [5.41, 5.74) is 0.0810. The van der Waals surface area contributed by atoms with Crippen molar-refractivity contribution < 1.29 is 31.0 Å². The van der Waals surface area contributed by atoms with Crippen LogP contribution in [0.15, 0.2) is 60.7 Å². The molecule has 0 aliphatic heterocycles. The minimum absolute atomic E-state index is 0.0114. The number of amides is 1. The predicted octanol–water partition coefficient (Wildman–Crippen LogP) is 2.45. The van der Waals surface area contributed by atoms with Crippen LogP contribution in [-0.4, -0.2) is 32.0 Å². The van der Waals surface area contributed by atoms with Crippen molar-refractivity contribution >= 4 is 27.5 Å². The molecule has 0 unspecified atom stereocenters. The molecule has 0 saturated heterocycles. The lowest BCUT2D eigenvalue weighted by molar-refractivity contribution is -0.130. The highest BCUT2D eigenvalue weighted by Crippen LogP contribution is 2.25. The smallest absolute Gasteiger partial charge is 0.320 e. The van der Waals surface area contributed by atoms with Crippen molar-refractivity contribution in [3.05, 3.63) is 66.2 Å². The van der Waals surface area contributed by atoms with Crippen LogP contribution < -0.4 is 5.32 Å². The van der Waals surface area contributed by atoms with Crippen LogP contribution in [0.25, 0.3) is 0 Å². The fourth-order valence-corrected chi connectivity index (χ4v) is 2.44. The number of para-hydroxylation sites is 1. The fourth-order valence-electron chi connectivity index (χ4n) is 1.75. The number of alkyl halides is 2. The summed E-state index contributed by atoms with van der Waals surface area (Å²) < 4.78 is 55.1. The highest BCUT2D eigenvalue weighted by Gasteiger charge is 2.54. The van der Waals surface area contributed by atoms with E-state index in [2.05, 4.69) is 4.18 Å². The number of hydrogen-bond acceptors (Lipinski definition) is 5. The van der Waals surface area contributed by atoms with Gasteiger partial charge in [0.05, 0.1) is 0 Å². The summed E-state index contributed by atoms with van der Waals surface area (Å²) in [6, 6.07) is 14.5. The molecule has 0 aliphatic rings. The van der Waals surface area contributed by atoms with Gasteiger partial charge < -0.3 is 5.32 Å². The number of halogens is 2. The molecule has 2 aromatic rings. The lowest BCUT2D eigenvalue weighted by Crippen LogP contribution is -2.43. The topological polar surface area (TPSA) is 89.5 Å². The summed E-state index contributed by atoms with van der Waals surface area (Å²) in [5, 5.41) is -3.09. The second-order valence-electron chi connectivity index (χ2n) is 4.84. The van der Waals surface area contributed by atoms with Gasteiger partial charge >= 0.3 is 21.3 Å². The molecule has 0 radical (unpaired) electrons. The molecule has 2 aromatic carbocycles. The number of carbonyl (C=O) groups excluding carboxylic acids is 2. The SMILES string of the molecule is O=C(COS(=O)(=O)C(F)(F)C(=O)Nc1ccccc1)c1ccccc1. The van der Waals surface area contributed by atoms with Gasteiger partial charge in [-0.2, -0.15) is 17.2 Å². The zero-order valence-corrected chi connectivity index (χ0v) is 13.5. The molecule has 1 N–H and O–H groups in total. The summed E-state index contributed by atoms with van der Waals surface area (Å²) in [4.78, 5) is 23.3. The van der Waals surface area contributed by atoms with E-state index in [9.17, 15) is 26.8 Å². The lowest BCUT2D eigenvalue weighted by atomic mass is 10.1. The van der Waals surface area contributed by atoms with Crippen LogP contribution >= 0.6 is 0 Å². The largest absolute Gasteiger partial charge is 0.447 e. The van der Waals surface area contributed by atoms with Gasteiger partial charge in [0.2, 0.25) is 0 Å². The normalized spacial score (nSPS) is 11.8. The van der Waals surface area contributed by atoms with E-state index >= 15 is 0 Å². The van der Waals surface area contributed by atoms with Crippen LogP contribution in [-0.2, 0) is 19.1 Å². The maximum atomic E-state index is 13.9. The van der Waals surface area contributed by atoms with Gasteiger partial charge in [-0.15, -0.1) is 0 Å². The maximum Gasteiger partial charge on any atom is 0.447 e. The van der Waals surface area contributed by atoms with E-state index in [1.165, 1.54) is 48.5 Å². The van der Waals surface area contributed by atoms with Gasteiger partial charge in [0, 0.05) is 11.3 Å². The van der Waals surface area contributed by atoms with Crippen molar-refractivity contribution in [3.63, 3.8) is 0 Å². The van der Waals surface area contributed by atoms with Crippen LogP contribution in [0.4, 0.5) is 14.5 Å². The molecule has 0 spiro atoms. The number of nitrogens with one attached hydrogen (secondary N) is 1. The standard InChI is InChI=1S/C16H13F2NO5S/c17-16(18,15(21)19-13-9-5-2-6-10-13)25(22,23)24-11-14(20)12-7-3-1-4-8-12/h1-10H,11H2,(H,19,21). The van der Waals surface area contributed by atoms with Gasteiger partial charge in [0.15, 0.2) is 5.78 Å². The quantitative estimate of drug-likeness (QED) is 0.598. The Kier molecular flexibility index (Phi) is 5.60. The molecule has 0 bridgehead atoms. The fraction of sp³-hybridized carbons (Fsp3) is 0.125. The third-order valence-electron chi connectivity index (χ3n) is 3.05. The average Bonchev–Trinajstić information content (AvgIpc) is 2.61. The van der Waals surface area contributed by atoms with E-state index in [4.69, 9.17) is 0 Å². The van der Waals surface area contributed by atoms with E-state index < -0.39 is 33.7 Å². The van der Waals surface area contributed by atoms with Gasteiger partial charge in [-0.05, 0) is 12.1 Å². The third-order valence-corrected chi connectivity index (χ3v) is 4.29. The van der Waals surface area contributed by atoms with E-state index in [0.717, 1.165) is 0 Å². The minimum Gasteiger partial charge on any atom is -0.320 e. The molecule has 0 fully saturated rings. The molecule has 0 aliphatic carbocycles. The Balaban J connectivity index is 2.06. The summed E-state index contributed by atoms with van der Waals surface area (Å²) >= 11 is 0. The van der Waals surface area contributed by atoms with Gasteiger partial charge in [0.1, 0.15) is 6.61 Å². The molecule has 0 heterocycles. The van der Waals surface area contributed by atoms with Crippen LogP contribution in [0, 0.1) is 0 Å². The monoisotopic (exact) mass is 369 g/mol. The van der Waals surface area contributed by atoms with Crippen molar-refractivity contribution in [2.45, 2.75) is 5.25 Å². The number of Topliss-reactive ketones (excluding diaryl/α,β-unsaturated/α-hetero) is 1. The Bertz CT molecular complexity index is 855. The molecule has 0 aromatic heterocycles. The maximum absolute atomic E-state index is 13.9. The van der Waals surface area contributed by atoms with Gasteiger partial charge in [-0.1, -0.05) is 48.5 Å². The van der Waals surface area contributed by atoms with Crippen molar-refractivity contribution in [1.82, 2.24) is 0 Å². The summed E-state index contributed by atoms with van der Waals surface area (Å²) in [6.07, 6.45) is 0. The zero-order chi connectivity index (χ0) is 18.5. The molecule has 9 heteroatoms. The second-order valence-corrected chi connectivity index (χ2v) is 6.50. The number of carbonyl (C=O) groups is 2. The molecule has 6 nitrogen and oxygen atoms in total. The van der Waals surface area contributed by atoms with Crippen LogP contribution in [0.5, 0.6) is 0 Å². The second kappa shape index (κ2) is 7.49. The zero-order valence-electron chi connectivity index (χ0n) is 12.7. The van der Waals surface area contributed by atoms with E-state index in [1.807, 2.05) is 0 Å². The Morgan fingerprint density at radius 1 is 0.960 bits per heavy atom. The van der Waals surface area contributed by atoms with Crippen LogP contribution in [0.1, 0.15) is 10.4 Å². The Hall–Kier alpha value is -2.65. The Labute approximate surface area is 142 Å². The van der Waals surface area contributed by atoms with Gasteiger partial charge in [-0.25, -0.2) is 0 Å².